The standard InChI is InChI=1S/C16H27NOS/c1-13(2)11-17(12-14(3)4)9-5-7-15(18)16-8-6-10-19-16/h6,8,10,13-14H,5,7,9,11-12H2,1-4H3. The highest BCUT2D eigenvalue weighted by atomic mass is 32.1. The van der Waals surface area contributed by atoms with E-state index in [1.54, 1.807) is 11.3 Å². The molecule has 0 unspecified atom stereocenters. The number of thiophene rings is 1. The maximum absolute atomic E-state index is 11.9. The molecule has 0 spiro atoms. The zero-order valence-corrected chi connectivity index (χ0v) is 13.5. The molecule has 1 aromatic heterocycles. The second-order valence-electron chi connectivity index (χ2n) is 6.05. The lowest BCUT2D eigenvalue weighted by Gasteiger charge is -2.25. The summed E-state index contributed by atoms with van der Waals surface area (Å²) in [6.07, 6.45) is 1.64. The monoisotopic (exact) mass is 281 g/mol. The number of carbonyl (C=O) groups excluding carboxylic acids is 1. The van der Waals surface area contributed by atoms with Gasteiger partial charge in [0.1, 0.15) is 0 Å². The van der Waals surface area contributed by atoms with E-state index in [-0.39, 0.29) is 0 Å². The summed E-state index contributed by atoms with van der Waals surface area (Å²) in [7, 11) is 0. The zero-order valence-electron chi connectivity index (χ0n) is 12.7. The number of rotatable bonds is 9. The Kier molecular flexibility index (Phi) is 7.32. The molecule has 1 heterocycles. The smallest absolute Gasteiger partial charge is 0.172 e. The van der Waals surface area contributed by atoms with Crippen molar-refractivity contribution in [2.45, 2.75) is 40.5 Å². The van der Waals surface area contributed by atoms with Crippen molar-refractivity contribution in [2.24, 2.45) is 11.8 Å². The van der Waals surface area contributed by atoms with Crippen LogP contribution in [0.2, 0.25) is 0 Å². The number of nitrogens with zero attached hydrogens (tertiary/aromatic N) is 1. The topological polar surface area (TPSA) is 20.3 Å². The Bertz CT molecular complexity index is 347. The second kappa shape index (κ2) is 8.49. The third-order valence-corrected chi connectivity index (χ3v) is 3.83. The van der Waals surface area contributed by atoms with Crippen molar-refractivity contribution >= 4 is 17.1 Å². The van der Waals surface area contributed by atoms with Gasteiger partial charge in [-0.3, -0.25) is 4.79 Å². The van der Waals surface area contributed by atoms with Crippen LogP contribution in [0.15, 0.2) is 17.5 Å². The molecule has 0 aromatic carbocycles. The molecule has 0 amide bonds. The van der Waals surface area contributed by atoms with Crippen molar-refractivity contribution in [3.8, 4) is 0 Å². The minimum Gasteiger partial charge on any atom is -0.303 e. The first-order valence-electron chi connectivity index (χ1n) is 7.28. The molecule has 0 saturated carbocycles. The van der Waals surface area contributed by atoms with Crippen LogP contribution in [-0.4, -0.2) is 30.3 Å². The molecule has 1 aromatic rings. The quantitative estimate of drug-likeness (QED) is 0.628. The Morgan fingerprint density at radius 1 is 1.21 bits per heavy atom. The van der Waals surface area contributed by atoms with E-state index in [9.17, 15) is 4.79 Å². The first-order chi connectivity index (χ1) is 8.99. The number of carbonyl (C=O) groups is 1. The number of hydrogen-bond acceptors (Lipinski definition) is 3. The fourth-order valence-corrected chi connectivity index (χ4v) is 3.01. The van der Waals surface area contributed by atoms with Crippen LogP contribution in [0.4, 0.5) is 0 Å². The van der Waals surface area contributed by atoms with Crippen molar-refractivity contribution < 1.29 is 4.79 Å². The summed E-state index contributed by atoms with van der Waals surface area (Å²) in [5.74, 6) is 1.67. The molecule has 0 aliphatic heterocycles. The molecule has 0 aliphatic rings. The fourth-order valence-electron chi connectivity index (χ4n) is 2.31. The molecule has 19 heavy (non-hydrogen) atoms. The van der Waals surface area contributed by atoms with Gasteiger partial charge in [0.2, 0.25) is 0 Å². The highest BCUT2D eigenvalue weighted by molar-refractivity contribution is 7.12. The molecule has 0 aliphatic carbocycles. The summed E-state index contributed by atoms with van der Waals surface area (Å²) in [5, 5.41) is 1.97. The van der Waals surface area contributed by atoms with E-state index in [1.165, 1.54) is 0 Å². The minimum atomic E-state index is 0.295. The van der Waals surface area contributed by atoms with E-state index in [2.05, 4.69) is 32.6 Å². The minimum absolute atomic E-state index is 0.295. The molecule has 0 saturated heterocycles. The Morgan fingerprint density at radius 2 is 1.84 bits per heavy atom. The van der Waals surface area contributed by atoms with Gasteiger partial charge < -0.3 is 4.90 Å². The predicted octanol–water partition coefficient (Wildman–Crippen LogP) is 4.33. The molecule has 0 bridgehead atoms. The number of hydrogen-bond donors (Lipinski definition) is 0. The van der Waals surface area contributed by atoms with Crippen LogP contribution in [0.25, 0.3) is 0 Å². The summed E-state index contributed by atoms with van der Waals surface area (Å²) < 4.78 is 0. The van der Waals surface area contributed by atoms with Crippen LogP contribution in [0.1, 0.15) is 50.2 Å². The molecule has 1 rings (SSSR count). The van der Waals surface area contributed by atoms with E-state index in [0.717, 1.165) is 30.9 Å². The fraction of sp³-hybridized carbons (Fsp3) is 0.688. The van der Waals surface area contributed by atoms with Gasteiger partial charge in [0, 0.05) is 19.5 Å². The van der Waals surface area contributed by atoms with Gasteiger partial charge in [0.25, 0.3) is 0 Å². The van der Waals surface area contributed by atoms with Gasteiger partial charge in [-0.15, -0.1) is 11.3 Å². The van der Waals surface area contributed by atoms with Crippen molar-refractivity contribution in [3.63, 3.8) is 0 Å². The predicted molar refractivity (Wildman–Crippen MR) is 84.0 cm³/mol. The number of Topliss-reactive ketones (excluding diaryl/α,β-unsaturated/α-hetero) is 1. The number of ketones is 1. The van der Waals surface area contributed by atoms with Gasteiger partial charge in [-0.2, -0.15) is 0 Å². The molecule has 0 N–H and O–H groups in total. The van der Waals surface area contributed by atoms with E-state index >= 15 is 0 Å². The van der Waals surface area contributed by atoms with E-state index < -0.39 is 0 Å². The summed E-state index contributed by atoms with van der Waals surface area (Å²) in [6.45, 7) is 12.3. The van der Waals surface area contributed by atoms with Crippen LogP contribution in [-0.2, 0) is 0 Å². The lowest BCUT2D eigenvalue weighted by Crippen LogP contribution is -2.32. The SMILES string of the molecule is CC(C)CN(CCCC(=O)c1cccs1)CC(C)C. The molecule has 2 nitrogen and oxygen atoms in total. The molecule has 0 radical (unpaired) electrons. The highest BCUT2D eigenvalue weighted by Crippen LogP contribution is 2.13. The Labute approximate surface area is 121 Å². The normalized spacial score (nSPS) is 11.7. The Hall–Kier alpha value is -0.670. The van der Waals surface area contributed by atoms with Crippen molar-refractivity contribution in [2.75, 3.05) is 19.6 Å². The second-order valence-corrected chi connectivity index (χ2v) is 7.00. The first kappa shape index (κ1) is 16.4. The van der Waals surface area contributed by atoms with Crippen molar-refractivity contribution in [1.29, 1.82) is 0 Å². The van der Waals surface area contributed by atoms with Gasteiger partial charge >= 0.3 is 0 Å². The van der Waals surface area contributed by atoms with Gasteiger partial charge in [-0.25, -0.2) is 0 Å². The molecule has 3 heteroatoms. The van der Waals surface area contributed by atoms with Crippen molar-refractivity contribution in [3.05, 3.63) is 22.4 Å². The van der Waals surface area contributed by atoms with Crippen LogP contribution in [0.3, 0.4) is 0 Å². The van der Waals surface area contributed by atoms with E-state index in [1.807, 2.05) is 17.5 Å². The summed E-state index contributed by atoms with van der Waals surface area (Å²) in [4.78, 5) is 15.3. The highest BCUT2D eigenvalue weighted by Gasteiger charge is 2.11. The van der Waals surface area contributed by atoms with Gasteiger partial charge in [-0.05, 0) is 36.2 Å². The van der Waals surface area contributed by atoms with E-state index in [0.29, 0.717) is 24.0 Å². The molecule has 0 fully saturated rings. The molecular weight excluding hydrogens is 254 g/mol. The molecule has 0 atom stereocenters. The summed E-state index contributed by atoms with van der Waals surface area (Å²) in [6, 6.07) is 3.87. The van der Waals surface area contributed by atoms with Crippen LogP contribution in [0.5, 0.6) is 0 Å². The summed E-state index contributed by atoms with van der Waals surface area (Å²) in [5.41, 5.74) is 0. The molecular formula is C16H27NOS. The zero-order chi connectivity index (χ0) is 14.3. The maximum Gasteiger partial charge on any atom is 0.172 e. The largest absolute Gasteiger partial charge is 0.303 e. The average molecular weight is 281 g/mol. The first-order valence-corrected chi connectivity index (χ1v) is 8.16. The third kappa shape index (κ3) is 6.88. The summed E-state index contributed by atoms with van der Waals surface area (Å²) >= 11 is 1.55. The average Bonchev–Trinajstić information content (AvgIpc) is 2.80. The van der Waals surface area contributed by atoms with Crippen LogP contribution < -0.4 is 0 Å². The van der Waals surface area contributed by atoms with Crippen LogP contribution in [0, 0.1) is 11.8 Å². The van der Waals surface area contributed by atoms with E-state index in [4.69, 9.17) is 0 Å². The molecule has 108 valence electrons. The third-order valence-electron chi connectivity index (χ3n) is 2.92. The maximum atomic E-state index is 11.9. The lowest BCUT2D eigenvalue weighted by atomic mass is 10.1. The van der Waals surface area contributed by atoms with Gasteiger partial charge in [-0.1, -0.05) is 33.8 Å². The van der Waals surface area contributed by atoms with Crippen molar-refractivity contribution in [1.82, 2.24) is 4.90 Å². The van der Waals surface area contributed by atoms with Gasteiger partial charge in [0.05, 0.1) is 4.88 Å². The van der Waals surface area contributed by atoms with Gasteiger partial charge in [0.15, 0.2) is 5.78 Å². The Morgan fingerprint density at radius 3 is 2.32 bits per heavy atom. The lowest BCUT2D eigenvalue weighted by molar-refractivity contribution is 0.0976. The Balaban J connectivity index is 2.33. The van der Waals surface area contributed by atoms with Crippen LogP contribution >= 0.6 is 11.3 Å².